The number of carbonyl (C=O) groups excluding carboxylic acids is 2. The molecule has 0 heterocycles. The second-order valence-corrected chi connectivity index (χ2v) is 4.24. The number of carbonyl (C=O) groups is 2. The molecule has 0 aromatic rings. The maximum Gasteiger partial charge on any atom is 0.237 e. The number of nitrogens with zero attached hydrogens (tertiary/aromatic N) is 1. The molecule has 6 heteroatoms. The van der Waals surface area contributed by atoms with Crippen LogP contribution in [0.25, 0.3) is 0 Å². The lowest BCUT2D eigenvalue weighted by Gasteiger charge is -2.18. The van der Waals surface area contributed by atoms with Crippen molar-refractivity contribution in [3.63, 3.8) is 0 Å². The first-order valence-corrected chi connectivity index (χ1v) is 5.63. The molecule has 0 radical (unpaired) electrons. The van der Waals surface area contributed by atoms with Gasteiger partial charge in [-0.25, -0.2) is 0 Å². The van der Waals surface area contributed by atoms with Crippen LogP contribution in [0.5, 0.6) is 0 Å². The zero-order valence-corrected chi connectivity index (χ0v) is 11.8. The molecule has 0 aromatic heterocycles. The molecule has 0 aromatic carbocycles. The molecule has 0 saturated carbocycles. The van der Waals surface area contributed by atoms with E-state index in [9.17, 15) is 9.59 Å². The maximum atomic E-state index is 11.5. The Morgan fingerprint density at radius 3 is 2.29 bits per heavy atom. The van der Waals surface area contributed by atoms with Crippen molar-refractivity contribution in [3.8, 4) is 0 Å². The Bertz CT molecular complexity index is 247. The Morgan fingerprint density at radius 2 is 1.88 bits per heavy atom. The highest BCUT2D eigenvalue weighted by atomic mass is 35.5. The number of hydrogen-bond donors (Lipinski definition) is 2. The molecule has 0 aliphatic carbocycles. The van der Waals surface area contributed by atoms with Crippen molar-refractivity contribution in [1.29, 1.82) is 0 Å². The normalized spacial score (nSPS) is 13.2. The zero-order valence-electron chi connectivity index (χ0n) is 11.0. The molecule has 5 nitrogen and oxygen atoms in total. The fourth-order valence-electron chi connectivity index (χ4n) is 1.15. The Labute approximate surface area is 110 Å². The minimum atomic E-state index is -0.487. The van der Waals surface area contributed by atoms with E-state index in [1.54, 1.807) is 14.1 Å². The van der Waals surface area contributed by atoms with E-state index in [1.807, 2.05) is 13.8 Å². The highest BCUT2D eigenvalue weighted by Gasteiger charge is 2.18. The van der Waals surface area contributed by atoms with Crippen LogP contribution in [-0.4, -0.2) is 43.4 Å². The second-order valence-electron chi connectivity index (χ2n) is 4.24. The number of halogens is 1. The quantitative estimate of drug-likeness (QED) is 0.729. The molecule has 0 saturated heterocycles. The number of amides is 2. The second kappa shape index (κ2) is 9.24. The maximum absolute atomic E-state index is 11.5. The van der Waals surface area contributed by atoms with Gasteiger partial charge in [0, 0.05) is 27.1 Å². The monoisotopic (exact) mass is 265 g/mol. The summed E-state index contributed by atoms with van der Waals surface area (Å²) in [4.78, 5) is 24.3. The van der Waals surface area contributed by atoms with Crippen LogP contribution in [0, 0.1) is 5.92 Å². The molecular weight excluding hydrogens is 242 g/mol. The van der Waals surface area contributed by atoms with Crippen LogP contribution in [0.15, 0.2) is 0 Å². The Hall–Kier alpha value is -0.810. The molecule has 0 bridgehead atoms. The first-order valence-electron chi connectivity index (χ1n) is 5.63. The van der Waals surface area contributed by atoms with Gasteiger partial charge in [0.25, 0.3) is 0 Å². The molecule has 0 fully saturated rings. The van der Waals surface area contributed by atoms with Crippen molar-refractivity contribution in [2.45, 2.75) is 32.7 Å². The average molecular weight is 266 g/mol. The number of nitrogens with one attached hydrogen (secondary N) is 1. The van der Waals surface area contributed by atoms with E-state index in [1.165, 1.54) is 4.90 Å². The summed E-state index contributed by atoms with van der Waals surface area (Å²) in [6.45, 7) is 4.28. The van der Waals surface area contributed by atoms with E-state index in [0.29, 0.717) is 13.0 Å². The molecule has 0 aliphatic heterocycles. The smallest absolute Gasteiger partial charge is 0.237 e. The topological polar surface area (TPSA) is 75.4 Å². The van der Waals surface area contributed by atoms with Crippen molar-refractivity contribution in [2.75, 3.05) is 20.6 Å². The summed E-state index contributed by atoms with van der Waals surface area (Å²) in [5.74, 6) is -0.0251. The molecule has 0 aliphatic rings. The lowest BCUT2D eigenvalue weighted by molar-refractivity contribution is -0.128. The van der Waals surface area contributed by atoms with Gasteiger partial charge in [0.15, 0.2) is 0 Å². The van der Waals surface area contributed by atoms with Crippen molar-refractivity contribution >= 4 is 24.2 Å². The van der Waals surface area contributed by atoms with Crippen molar-refractivity contribution in [1.82, 2.24) is 10.2 Å². The van der Waals surface area contributed by atoms with E-state index in [-0.39, 0.29) is 30.1 Å². The van der Waals surface area contributed by atoms with Gasteiger partial charge < -0.3 is 16.0 Å². The fraction of sp³-hybridized carbons (Fsp3) is 0.818. The van der Waals surface area contributed by atoms with E-state index in [4.69, 9.17) is 5.73 Å². The summed E-state index contributed by atoms with van der Waals surface area (Å²) < 4.78 is 0. The third-order valence-electron chi connectivity index (χ3n) is 2.70. The minimum absolute atomic E-state index is 0. The Kier molecular flexibility index (Phi) is 10.1. The third-order valence-corrected chi connectivity index (χ3v) is 2.70. The molecule has 0 rings (SSSR count). The van der Waals surface area contributed by atoms with Crippen molar-refractivity contribution in [2.24, 2.45) is 11.7 Å². The predicted octanol–water partition coefficient (Wildman–Crippen LogP) is 0.376. The van der Waals surface area contributed by atoms with E-state index < -0.39 is 6.04 Å². The van der Waals surface area contributed by atoms with Crippen molar-refractivity contribution < 1.29 is 9.59 Å². The zero-order chi connectivity index (χ0) is 12.7. The van der Waals surface area contributed by atoms with Gasteiger partial charge >= 0.3 is 0 Å². The van der Waals surface area contributed by atoms with E-state index in [2.05, 4.69) is 5.32 Å². The summed E-state index contributed by atoms with van der Waals surface area (Å²) in [6.07, 6.45) is 1.18. The first kappa shape index (κ1) is 18.6. The standard InChI is InChI=1S/C11H23N3O2.ClH/c1-5-8(2)10(12)11(16)13-7-6-9(15)14(3)4;/h8,10H,5-7,12H2,1-4H3,(H,13,16);1H. The van der Waals surface area contributed by atoms with Gasteiger partial charge in [-0.2, -0.15) is 0 Å². The Morgan fingerprint density at radius 1 is 1.35 bits per heavy atom. The van der Waals surface area contributed by atoms with E-state index in [0.717, 1.165) is 6.42 Å². The van der Waals surface area contributed by atoms with Gasteiger partial charge in [-0.15, -0.1) is 12.4 Å². The van der Waals surface area contributed by atoms with Gasteiger partial charge in [-0.05, 0) is 5.92 Å². The van der Waals surface area contributed by atoms with Crippen LogP contribution >= 0.6 is 12.4 Å². The van der Waals surface area contributed by atoms with Gasteiger partial charge in [0.2, 0.25) is 11.8 Å². The molecule has 102 valence electrons. The predicted molar refractivity (Wildman–Crippen MR) is 71.0 cm³/mol. The number of hydrogen-bond acceptors (Lipinski definition) is 3. The summed E-state index contributed by atoms with van der Waals surface area (Å²) >= 11 is 0. The molecule has 17 heavy (non-hydrogen) atoms. The van der Waals surface area contributed by atoms with E-state index >= 15 is 0 Å². The average Bonchev–Trinajstić information content (AvgIpc) is 2.26. The summed E-state index contributed by atoms with van der Waals surface area (Å²) in [7, 11) is 3.38. The highest BCUT2D eigenvalue weighted by molar-refractivity contribution is 5.85. The first-order chi connectivity index (χ1) is 7.40. The van der Waals surface area contributed by atoms with Gasteiger partial charge in [0.05, 0.1) is 6.04 Å². The third kappa shape index (κ3) is 7.18. The van der Waals surface area contributed by atoms with Crippen LogP contribution in [-0.2, 0) is 9.59 Å². The van der Waals surface area contributed by atoms with Crippen molar-refractivity contribution in [3.05, 3.63) is 0 Å². The minimum Gasteiger partial charge on any atom is -0.354 e. The summed E-state index contributed by atoms with van der Waals surface area (Å²) in [6, 6.07) is -0.487. The largest absolute Gasteiger partial charge is 0.354 e. The molecule has 2 amide bonds. The highest BCUT2D eigenvalue weighted by Crippen LogP contribution is 2.04. The summed E-state index contributed by atoms with van der Waals surface area (Å²) in [5.41, 5.74) is 5.74. The van der Waals surface area contributed by atoms with Gasteiger partial charge in [-0.1, -0.05) is 20.3 Å². The van der Waals surface area contributed by atoms with Crippen LogP contribution in [0.4, 0.5) is 0 Å². The van der Waals surface area contributed by atoms with Crippen LogP contribution in [0.2, 0.25) is 0 Å². The summed E-state index contributed by atoms with van der Waals surface area (Å²) in [5, 5.41) is 2.67. The SMILES string of the molecule is CCC(C)C(N)C(=O)NCCC(=O)N(C)C.Cl. The molecule has 2 unspecified atom stereocenters. The van der Waals surface area contributed by atoms with Crippen LogP contribution < -0.4 is 11.1 Å². The van der Waals surface area contributed by atoms with Crippen LogP contribution in [0.3, 0.4) is 0 Å². The molecular formula is C11H24ClN3O2. The van der Waals surface area contributed by atoms with Crippen LogP contribution in [0.1, 0.15) is 26.7 Å². The molecule has 3 N–H and O–H groups in total. The fourth-order valence-corrected chi connectivity index (χ4v) is 1.15. The molecule has 0 spiro atoms. The van der Waals surface area contributed by atoms with Gasteiger partial charge in [0.1, 0.15) is 0 Å². The number of rotatable bonds is 6. The van der Waals surface area contributed by atoms with Gasteiger partial charge in [-0.3, -0.25) is 9.59 Å². The lowest BCUT2D eigenvalue weighted by atomic mass is 9.99. The lowest BCUT2D eigenvalue weighted by Crippen LogP contribution is -2.45. The Balaban J connectivity index is 0. The molecule has 2 atom stereocenters. The number of nitrogens with two attached hydrogens (primary N) is 1.